The summed E-state index contributed by atoms with van der Waals surface area (Å²) in [5.74, 6) is 1.13. The summed E-state index contributed by atoms with van der Waals surface area (Å²) in [6, 6.07) is 4.87. The summed E-state index contributed by atoms with van der Waals surface area (Å²) in [5.41, 5.74) is 2.62. The van der Waals surface area contributed by atoms with Crippen LogP contribution in [0.4, 0.5) is 5.82 Å². The van der Waals surface area contributed by atoms with E-state index in [1.165, 1.54) is 11.3 Å². The summed E-state index contributed by atoms with van der Waals surface area (Å²) in [5, 5.41) is 3.39. The molecule has 4 nitrogen and oxygen atoms in total. The van der Waals surface area contributed by atoms with Crippen molar-refractivity contribution < 1.29 is 4.74 Å². The largest absolute Gasteiger partial charge is 0.377 e. The number of hydrogen-bond acceptors (Lipinski definition) is 4. The number of rotatable bonds is 2. The van der Waals surface area contributed by atoms with Gasteiger partial charge in [-0.25, -0.2) is 4.98 Å². The Balaban J connectivity index is 0.00000133. The highest BCUT2D eigenvalue weighted by molar-refractivity contribution is 5.85. The summed E-state index contributed by atoms with van der Waals surface area (Å²) < 4.78 is 5.56. The minimum Gasteiger partial charge on any atom is -0.377 e. The molecule has 2 aliphatic rings. The van der Waals surface area contributed by atoms with Gasteiger partial charge in [-0.15, -0.1) is 12.4 Å². The van der Waals surface area contributed by atoms with Gasteiger partial charge in [0.15, 0.2) is 0 Å². The molecule has 3 rings (SSSR count). The molecule has 0 unspecified atom stereocenters. The third-order valence-electron chi connectivity index (χ3n) is 3.90. The average Bonchev–Trinajstić information content (AvgIpc) is 2.46. The van der Waals surface area contributed by atoms with Crippen molar-refractivity contribution in [3.8, 4) is 0 Å². The number of halogens is 1. The number of nitrogens with zero attached hydrogens (tertiary/aromatic N) is 2. The fraction of sp³-hybridized carbons (Fsp3) is 0.643. The lowest BCUT2D eigenvalue weighted by molar-refractivity contribution is 0.0925. The van der Waals surface area contributed by atoms with Gasteiger partial charge in [-0.05, 0) is 18.1 Å². The number of ether oxygens (including phenoxy) is 1. The van der Waals surface area contributed by atoms with Gasteiger partial charge >= 0.3 is 0 Å². The van der Waals surface area contributed by atoms with Crippen LogP contribution in [0.3, 0.4) is 0 Å². The molecular formula is C14H22ClN3O. The molecule has 1 aromatic heterocycles. The minimum absolute atomic E-state index is 0. The Morgan fingerprint density at radius 1 is 1.47 bits per heavy atom. The van der Waals surface area contributed by atoms with Crippen molar-refractivity contribution >= 4 is 18.2 Å². The van der Waals surface area contributed by atoms with Crippen LogP contribution in [0.25, 0.3) is 0 Å². The van der Waals surface area contributed by atoms with Crippen molar-refractivity contribution in [2.24, 2.45) is 0 Å². The van der Waals surface area contributed by atoms with Gasteiger partial charge in [0.25, 0.3) is 0 Å². The van der Waals surface area contributed by atoms with E-state index < -0.39 is 0 Å². The van der Waals surface area contributed by atoms with Crippen molar-refractivity contribution in [1.82, 2.24) is 10.3 Å². The van der Waals surface area contributed by atoms with Gasteiger partial charge < -0.3 is 15.0 Å². The number of fused-ring (bicyclic) bond motifs is 1. The molecular weight excluding hydrogens is 262 g/mol. The topological polar surface area (TPSA) is 37.4 Å². The van der Waals surface area contributed by atoms with E-state index in [1.807, 2.05) is 0 Å². The molecule has 0 saturated carbocycles. The second-order valence-corrected chi connectivity index (χ2v) is 5.03. The standard InChI is InChI=1S/C14H21N3O.ClH/c1-2-12-10-18-8-7-17(12)14-4-3-11-9-15-6-5-13(11)16-14;/h3-4,12,15H,2,5-10H2,1H3;1H/t12-;/m1./s1. The molecule has 0 spiro atoms. The maximum absolute atomic E-state index is 5.56. The zero-order valence-corrected chi connectivity index (χ0v) is 12.2. The minimum atomic E-state index is 0. The molecule has 19 heavy (non-hydrogen) atoms. The molecule has 1 fully saturated rings. The lowest BCUT2D eigenvalue weighted by atomic mass is 10.1. The van der Waals surface area contributed by atoms with Gasteiger partial charge in [-0.2, -0.15) is 0 Å². The molecule has 0 bridgehead atoms. The van der Waals surface area contributed by atoms with E-state index >= 15 is 0 Å². The number of nitrogens with one attached hydrogen (secondary N) is 1. The van der Waals surface area contributed by atoms with E-state index in [2.05, 4.69) is 29.3 Å². The fourth-order valence-electron chi connectivity index (χ4n) is 2.78. The molecule has 0 aromatic carbocycles. The van der Waals surface area contributed by atoms with Crippen LogP contribution < -0.4 is 10.2 Å². The van der Waals surface area contributed by atoms with Gasteiger partial charge in [0, 0.05) is 31.7 Å². The Morgan fingerprint density at radius 2 is 2.37 bits per heavy atom. The fourth-order valence-corrected chi connectivity index (χ4v) is 2.78. The Morgan fingerprint density at radius 3 is 3.21 bits per heavy atom. The number of hydrogen-bond donors (Lipinski definition) is 1. The van der Waals surface area contributed by atoms with Crippen molar-refractivity contribution in [2.75, 3.05) is 31.2 Å². The zero-order chi connectivity index (χ0) is 12.4. The van der Waals surface area contributed by atoms with E-state index in [1.54, 1.807) is 0 Å². The highest BCUT2D eigenvalue weighted by Gasteiger charge is 2.23. The van der Waals surface area contributed by atoms with Crippen molar-refractivity contribution in [3.05, 3.63) is 23.4 Å². The number of pyridine rings is 1. The quantitative estimate of drug-likeness (QED) is 0.898. The van der Waals surface area contributed by atoms with Gasteiger partial charge in [0.05, 0.1) is 19.3 Å². The molecule has 1 atom stereocenters. The Hall–Kier alpha value is -0.840. The van der Waals surface area contributed by atoms with Gasteiger partial charge in [0.2, 0.25) is 0 Å². The maximum Gasteiger partial charge on any atom is 0.129 e. The third kappa shape index (κ3) is 3.02. The average molecular weight is 284 g/mol. The summed E-state index contributed by atoms with van der Waals surface area (Å²) in [6.07, 6.45) is 2.16. The predicted molar refractivity (Wildman–Crippen MR) is 79.1 cm³/mol. The van der Waals surface area contributed by atoms with E-state index in [0.717, 1.165) is 51.5 Å². The van der Waals surface area contributed by atoms with Crippen LogP contribution in [0.15, 0.2) is 12.1 Å². The molecule has 1 saturated heterocycles. The molecule has 0 aliphatic carbocycles. The summed E-state index contributed by atoms with van der Waals surface area (Å²) in [7, 11) is 0. The molecule has 5 heteroatoms. The Labute approximate surface area is 121 Å². The Kier molecular flexibility index (Phi) is 5.02. The van der Waals surface area contributed by atoms with Crippen molar-refractivity contribution in [1.29, 1.82) is 0 Å². The smallest absolute Gasteiger partial charge is 0.129 e. The molecule has 0 amide bonds. The molecule has 0 radical (unpaired) electrons. The van der Waals surface area contributed by atoms with Gasteiger partial charge in [-0.1, -0.05) is 13.0 Å². The van der Waals surface area contributed by atoms with E-state index in [0.29, 0.717) is 6.04 Å². The van der Waals surface area contributed by atoms with Crippen LogP contribution >= 0.6 is 12.4 Å². The van der Waals surface area contributed by atoms with Crippen LogP contribution in [-0.4, -0.2) is 37.3 Å². The van der Waals surface area contributed by atoms with Crippen LogP contribution in [0.2, 0.25) is 0 Å². The van der Waals surface area contributed by atoms with Gasteiger partial charge in [-0.3, -0.25) is 0 Å². The highest BCUT2D eigenvalue weighted by Crippen LogP contribution is 2.22. The zero-order valence-electron chi connectivity index (χ0n) is 11.4. The van der Waals surface area contributed by atoms with E-state index in [-0.39, 0.29) is 12.4 Å². The third-order valence-corrected chi connectivity index (χ3v) is 3.90. The van der Waals surface area contributed by atoms with E-state index in [9.17, 15) is 0 Å². The number of aromatic nitrogens is 1. The lowest BCUT2D eigenvalue weighted by Crippen LogP contribution is -2.45. The normalized spacial score (nSPS) is 22.6. The first-order valence-electron chi connectivity index (χ1n) is 6.92. The molecule has 106 valence electrons. The maximum atomic E-state index is 5.56. The molecule has 3 heterocycles. The van der Waals surface area contributed by atoms with Crippen LogP contribution in [0, 0.1) is 0 Å². The summed E-state index contributed by atoms with van der Waals surface area (Å²) in [4.78, 5) is 7.27. The van der Waals surface area contributed by atoms with Gasteiger partial charge in [0.1, 0.15) is 5.82 Å². The Bertz CT molecular complexity index is 427. The highest BCUT2D eigenvalue weighted by atomic mass is 35.5. The number of morpholine rings is 1. The monoisotopic (exact) mass is 283 g/mol. The number of anilines is 1. The second kappa shape index (κ2) is 6.55. The predicted octanol–water partition coefficient (Wildman–Crippen LogP) is 1.76. The van der Waals surface area contributed by atoms with Crippen LogP contribution in [-0.2, 0) is 17.7 Å². The SMILES string of the molecule is CC[C@@H]1COCCN1c1ccc2c(n1)CCNC2.Cl. The molecule has 2 aliphatic heterocycles. The lowest BCUT2D eigenvalue weighted by Gasteiger charge is -2.36. The molecule has 1 aromatic rings. The summed E-state index contributed by atoms with van der Waals surface area (Å²) >= 11 is 0. The van der Waals surface area contributed by atoms with Crippen LogP contribution in [0.1, 0.15) is 24.6 Å². The second-order valence-electron chi connectivity index (χ2n) is 5.03. The van der Waals surface area contributed by atoms with E-state index in [4.69, 9.17) is 9.72 Å². The van der Waals surface area contributed by atoms with Crippen LogP contribution in [0.5, 0.6) is 0 Å². The van der Waals surface area contributed by atoms with Crippen molar-refractivity contribution in [3.63, 3.8) is 0 Å². The first-order chi connectivity index (χ1) is 8.88. The summed E-state index contributed by atoms with van der Waals surface area (Å²) in [6.45, 7) is 6.83. The van der Waals surface area contributed by atoms with Crippen molar-refractivity contribution in [2.45, 2.75) is 32.4 Å². The molecule has 1 N–H and O–H groups in total. The first-order valence-corrected chi connectivity index (χ1v) is 6.92. The first kappa shape index (κ1) is 14.6.